The Morgan fingerprint density at radius 2 is 2.22 bits per heavy atom. The zero-order chi connectivity index (χ0) is 13.1. The van der Waals surface area contributed by atoms with Crippen LogP contribution in [0.4, 0.5) is 5.82 Å². The minimum absolute atomic E-state index is 0.316. The lowest BCUT2D eigenvalue weighted by atomic mass is 10.2. The molecule has 0 fully saturated rings. The molecule has 0 saturated heterocycles. The summed E-state index contributed by atoms with van der Waals surface area (Å²) in [7, 11) is 2.07. The average Bonchev–Trinajstić information content (AvgIpc) is 2.90. The summed E-state index contributed by atoms with van der Waals surface area (Å²) < 4.78 is 0.842. The van der Waals surface area contributed by atoms with E-state index in [-0.39, 0.29) is 0 Å². The highest BCUT2D eigenvalue weighted by Gasteiger charge is 2.15. The number of halogens is 1. The van der Waals surface area contributed by atoms with Gasteiger partial charge in [-0.15, -0.1) is 11.3 Å². The Morgan fingerprint density at radius 1 is 1.44 bits per heavy atom. The summed E-state index contributed by atoms with van der Waals surface area (Å²) in [5, 5.41) is 2.10. The van der Waals surface area contributed by atoms with Crippen LogP contribution in [0.25, 0.3) is 0 Å². The summed E-state index contributed by atoms with van der Waals surface area (Å²) in [5.41, 5.74) is 0. The van der Waals surface area contributed by atoms with E-state index < -0.39 is 0 Å². The third-order valence-electron chi connectivity index (χ3n) is 2.94. The van der Waals surface area contributed by atoms with E-state index in [1.807, 2.05) is 6.07 Å². The van der Waals surface area contributed by atoms with Gasteiger partial charge in [0, 0.05) is 24.4 Å². The van der Waals surface area contributed by atoms with Gasteiger partial charge in [0.05, 0.1) is 6.04 Å². The maximum atomic E-state index is 4.57. The molecule has 0 bridgehead atoms. The van der Waals surface area contributed by atoms with Crippen molar-refractivity contribution in [2.75, 3.05) is 11.9 Å². The van der Waals surface area contributed by atoms with E-state index in [1.54, 1.807) is 11.3 Å². The van der Waals surface area contributed by atoms with Crippen LogP contribution in [0.15, 0.2) is 28.2 Å². The first kappa shape index (κ1) is 13.5. The van der Waals surface area contributed by atoms with E-state index in [2.05, 4.69) is 69.2 Å². The van der Waals surface area contributed by atoms with Crippen molar-refractivity contribution in [3.05, 3.63) is 38.9 Å². The molecule has 2 heterocycles. The van der Waals surface area contributed by atoms with E-state index in [1.165, 1.54) is 4.88 Å². The van der Waals surface area contributed by atoms with Crippen LogP contribution < -0.4 is 4.90 Å². The number of anilines is 1. The Hall–Kier alpha value is -0.940. The van der Waals surface area contributed by atoms with Crippen molar-refractivity contribution in [3.63, 3.8) is 0 Å². The van der Waals surface area contributed by atoms with Gasteiger partial charge in [0.15, 0.2) is 0 Å². The largest absolute Gasteiger partial charge is 0.352 e. The summed E-state index contributed by atoms with van der Waals surface area (Å²) in [6.45, 7) is 4.25. The van der Waals surface area contributed by atoms with E-state index in [0.29, 0.717) is 6.04 Å². The molecule has 0 N–H and O–H groups in total. The van der Waals surface area contributed by atoms with Gasteiger partial charge >= 0.3 is 0 Å². The minimum atomic E-state index is 0.316. The summed E-state index contributed by atoms with van der Waals surface area (Å²) in [6.07, 6.45) is 0.841. The van der Waals surface area contributed by atoms with Crippen molar-refractivity contribution in [3.8, 4) is 0 Å². The highest BCUT2D eigenvalue weighted by Crippen LogP contribution is 2.28. The van der Waals surface area contributed by atoms with E-state index in [0.717, 1.165) is 22.7 Å². The third-order valence-corrected chi connectivity index (χ3v) is 4.39. The first-order valence-electron chi connectivity index (χ1n) is 5.91. The number of hydrogen-bond donors (Lipinski definition) is 0. The highest BCUT2D eigenvalue weighted by molar-refractivity contribution is 9.10. The van der Waals surface area contributed by atoms with Crippen molar-refractivity contribution in [2.45, 2.75) is 26.3 Å². The molecule has 0 amide bonds. The predicted octanol–water partition coefficient (Wildman–Crippen LogP) is 4.06. The van der Waals surface area contributed by atoms with Gasteiger partial charge in [0.1, 0.15) is 16.2 Å². The van der Waals surface area contributed by atoms with Gasteiger partial charge in [-0.25, -0.2) is 9.97 Å². The fraction of sp³-hybridized carbons (Fsp3) is 0.385. The Kier molecular flexibility index (Phi) is 4.35. The van der Waals surface area contributed by atoms with E-state index >= 15 is 0 Å². The highest BCUT2D eigenvalue weighted by atomic mass is 79.9. The molecule has 2 aromatic heterocycles. The first-order valence-corrected chi connectivity index (χ1v) is 7.58. The standard InChI is InChI=1S/C13H16BrN3S/c1-4-12-15-11(14)8-13(16-12)17(3)9(2)10-6-5-7-18-10/h5-9H,4H2,1-3H3. The van der Waals surface area contributed by atoms with E-state index in [9.17, 15) is 0 Å². The molecular formula is C13H16BrN3S. The normalized spacial score (nSPS) is 12.4. The fourth-order valence-corrected chi connectivity index (χ4v) is 2.94. The van der Waals surface area contributed by atoms with Crippen LogP contribution in [0.1, 0.15) is 30.6 Å². The van der Waals surface area contributed by atoms with Gasteiger partial charge < -0.3 is 4.90 Å². The van der Waals surface area contributed by atoms with Crippen LogP contribution >= 0.6 is 27.3 Å². The second-order valence-corrected chi connectivity index (χ2v) is 5.91. The lowest BCUT2D eigenvalue weighted by Crippen LogP contribution is -2.22. The third kappa shape index (κ3) is 2.90. The molecule has 2 rings (SSSR count). The second kappa shape index (κ2) is 5.80. The molecule has 0 aliphatic heterocycles. The average molecular weight is 326 g/mol. The molecule has 0 spiro atoms. The Bertz CT molecular complexity index is 513. The smallest absolute Gasteiger partial charge is 0.133 e. The van der Waals surface area contributed by atoms with Crippen molar-refractivity contribution >= 4 is 33.1 Å². The monoisotopic (exact) mass is 325 g/mol. The summed E-state index contributed by atoms with van der Waals surface area (Å²) >= 11 is 5.22. The molecule has 3 nitrogen and oxygen atoms in total. The quantitative estimate of drug-likeness (QED) is 0.794. The van der Waals surface area contributed by atoms with Crippen LogP contribution in [0.2, 0.25) is 0 Å². The summed E-state index contributed by atoms with van der Waals surface area (Å²) in [6, 6.07) is 6.51. The topological polar surface area (TPSA) is 29.0 Å². The van der Waals surface area contributed by atoms with Crippen molar-refractivity contribution < 1.29 is 0 Å². The number of thiophene rings is 1. The van der Waals surface area contributed by atoms with Gasteiger partial charge in [-0.1, -0.05) is 13.0 Å². The van der Waals surface area contributed by atoms with Crippen LogP contribution in [-0.2, 0) is 6.42 Å². The maximum absolute atomic E-state index is 4.57. The zero-order valence-electron chi connectivity index (χ0n) is 10.7. The molecule has 5 heteroatoms. The van der Waals surface area contributed by atoms with Gasteiger partial charge in [-0.2, -0.15) is 0 Å². The molecule has 0 radical (unpaired) electrons. The Morgan fingerprint density at radius 3 is 2.83 bits per heavy atom. The first-order chi connectivity index (χ1) is 8.61. The van der Waals surface area contributed by atoms with Crippen molar-refractivity contribution in [2.24, 2.45) is 0 Å². The Balaban J connectivity index is 2.28. The summed E-state index contributed by atoms with van der Waals surface area (Å²) in [4.78, 5) is 12.4. The van der Waals surface area contributed by atoms with Gasteiger partial charge in [-0.3, -0.25) is 0 Å². The van der Waals surface area contributed by atoms with Crippen molar-refractivity contribution in [1.29, 1.82) is 0 Å². The molecule has 0 aliphatic carbocycles. The van der Waals surface area contributed by atoms with Gasteiger partial charge in [0.25, 0.3) is 0 Å². The summed E-state index contributed by atoms with van der Waals surface area (Å²) in [5.74, 6) is 1.82. The zero-order valence-corrected chi connectivity index (χ0v) is 13.1. The lowest BCUT2D eigenvalue weighted by molar-refractivity contribution is 0.733. The molecule has 0 saturated carbocycles. The molecule has 0 aliphatic rings. The van der Waals surface area contributed by atoms with Crippen LogP contribution in [-0.4, -0.2) is 17.0 Å². The van der Waals surface area contributed by atoms with Crippen LogP contribution in [0.5, 0.6) is 0 Å². The number of aromatic nitrogens is 2. The number of aryl methyl sites for hydroxylation is 1. The van der Waals surface area contributed by atoms with E-state index in [4.69, 9.17) is 0 Å². The molecule has 2 aromatic rings. The molecule has 0 aromatic carbocycles. The predicted molar refractivity (Wildman–Crippen MR) is 80.2 cm³/mol. The number of rotatable bonds is 4. The molecular weight excluding hydrogens is 310 g/mol. The fourth-order valence-electron chi connectivity index (χ4n) is 1.71. The SMILES string of the molecule is CCc1nc(Br)cc(N(C)C(C)c2cccs2)n1. The lowest BCUT2D eigenvalue weighted by Gasteiger charge is -2.25. The molecule has 96 valence electrons. The Labute approximate surface area is 120 Å². The molecule has 18 heavy (non-hydrogen) atoms. The van der Waals surface area contributed by atoms with Gasteiger partial charge in [-0.05, 0) is 34.3 Å². The van der Waals surface area contributed by atoms with Crippen LogP contribution in [0.3, 0.4) is 0 Å². The van der Waals surface area contributed by atoms with Crippen molar-refractivity contribution in [1.82, 2.24) is 9.97 Å². The number of nitrogens with zero attached hydrogens (tertiary/aromatic N) is 3. The molecule has 1 atom stereocenters. The second-order valence-electron chi connectivity index (χ2n) is 4.12. The van der Waals surface area contributed by atoms with Gasteiger partial charge in [0.2, 0.25) is 0 Å². The molecule has 1 unspecified atom stereocenters. The maximum Gasteiger partial charge on any atom is 0.133 e. The number of hydrogen-bond acceptors (Lipinski definition) is 4. The van der Waals surface area contributed by atoms with Crippen LogP contribution in [0, 0.1) is 0 Å². The minimum Gasteiger partial charge on any atom is -0.352 e.